The van der Waals surface area contributed by atoms with Gasteiger partial charge in [0.05, 0.1) is 6.04 Å². The highest BCUT2D eigenvalue weighted by atomic mass is 79.9. The fourth-order valence-corrected chi connectivity index (χ4v) is 2.90. The van der Waals surface area contributed by atoms with Gasteiger partial charge in [-0.25, -0.2) is 0 Å². The summed E-state index contributed by atoms with van der Waals surface area (Å²) in [5, 5.41) is 8.09. The highest BCUT2D eigenvalue weighted by Crippen LogP contribution is 2.22. The lowest BCUT2D eigenvalue weighted by molar-refractivity contribution is -0.120. The second-order valence-electron chi connectivity index (χ2n) is 3.20. The monoisotopic (exact) mass is 274 g/mol. The van der Waals surface area contributed by atoms with Crippen molar-refractivity contribution < 1.29 is 4.79 Å². The smallest absolute Gasteiger partial charge is 0.237 e. The van der Waals surface area contributed by atoms with E-state index in [2.05, 4.69) is 26.6 Å². The van der Waals surface area contributed by atoms with Crippen LogP contribution in [0.1, 0.15) is 11.3 Å². The van der Waals surface area contributed by atoms with E-state index >= 15 is 0 Å². The van der Waals surface area contributed by atoms with Crippen LogP contribution in [0.5, 0.6) is 0 Å². The third-order valence-electron chi connectivity index (χ3n) is 2.25. The van der Waals surface area contributed by atoms with Crippen molar-refractivity contribution >= 4 is 33.2 Å². The van der Waals surface area contributed by atoms with Crippen molar-refractivity contribution in [2.75, 3.05) is 6.54 Å². The maximum Gasteiger partial charge on any atom is 0.237 e. The first-order valence-corrected chi connectivity index (χ1v) is 6.17. The van der Waals surface area contributed by atoms with Gasteiger partial charge in [0.15, 0.2) is 0 Å². The van der Waals surface area contributed by atoms with Crippen LogP contribution in [0.3, 0.4) is 0 Å². The molecule has 1 fully saturated rings. The fraction of sp³-hybridized carbons (Fsp3) is 0.444. The Kier molecular flexibility index (Phi) is 3.20. The summed E-state index contributed by atoms with van der Waals surface area (Å²) in [5.74, 6) is 0.123. The SMILES string of the molecule is O=C1NCCC1NCc1sccc1Br. The number of rotatable bonds is 3. The third kappa shape index (κ3) is 2.16. The van der Waals surface area contributed by atoms with Crippen molar-refractivity contribution in [3.8, 4) is 0 Å². The second kappa shape index (κ2) is 4.42. The first-order chi connectivity index (χ1) is 6.77. The minimum Gasteiger partial charge on any atom is -0.355 e. The summed E-state index contributed by atoms with van der Waals surface area (Å²) >= 11 is 5.15. The van der Waals surface area contributed by atoms with Gasteiger partial charge in [-0.1, -0.05) is 0 Å². The molecule has 1 unspecified atom stereocenters. The Morgan fingerprint density at radius 2 is 2.57 bits per heavy atom. The summed E-state index contributed by atoms with van der Waals surface area (Å²) in [5.41, 5.74) is 0. The molecular formula is C9H11BrN2OS. The summed E-state index contributed by atoms with van der Waals surface area (Å²) in [6.45, 7) is 1.55. The molecule has 2 heterocycles. The first kappa shape index (κ1) is 10.1. The first-order valence-electron chi connectivity index (χ1n) is 4.50. The number of thiophene rings is 1. The fourth-order valence-electron chi connectivity index (χ4n) is 1.46. The minimum absolute atomic E-state index is 0.0102. The second-order valence-corrected chi connectivity index (χ2v) is 5.06. The molecule has 76 valence electrons. The van der Waals surface area contributed by atoms with Crippen LogP contribution in [0.2, 0.25) is 0 Å². The molecule has 0 aliphatic carbocycles. The molecular weight excluding hydrogens is 264 g/mol. The Bertz CT molecular complexity index is 339. The molecule has 0 aromatic carbocycles. The molecule has 5 heteroatoms. The number of hydrogen-bond acceptors (Lipinski definition) is 3. The number of hydrogen-bond donors (Lipinski definition) is 2. The molecule has 1 atom stereocenters. The molecule has 3 nitrogen and oxygen atoms in total. The van der Waals surface area contributed by atoms with Gasteiger partial charge in [-0.2, -0.15) is 0 Å². The standard InChI is InChI=1S/C9H11BrN2OS/c10-6-2-4-14-8(6)5-12-7-1-3-11-9(7)13/h2,4,7,12H,1,3,5H2,(H,11,13). The average molecular weight is 275 g/mol. The van der Waals surface area contributed by atoms with Crippen molar-refractivity contribution in [2.45, 2.75) is 19.0 Å². The van der Waals surface area contributed by atoms with Crippen molar-refractivity contribution in [3.63, 3.8) is 0 Å². The molecule has 0 bridgehead atoms. The Labute approximate surface area is 95.0 Å². The molecule has 0 saturated carbocycles. The number of nitrogens with one attached hydrogen (secondary N) is 2. The van der Waals surface area contributed by atoms with E-state index in [9.17, 15) is 4.79 Å². The molecule has 1 aromatic heterocycles. The van der Waals surface area contributed by atoms with E-state index in [1.807, 2.05) is 11.4 Å². The van der Waals surface area contributed by atoms with Crippen molar-refractivity contribution in [3.05, 3.63) is 20.8 Å². The van der Waals surface area contributed by atoms with Crippen LogP contribution in [0.25, 0.3) is 0 Å². The number of carbonyl (C=O) groups is 1. The summed E-state index contributed by atoms with van der Waals surface area (Å²) in [6.07, 6.45) is 0.891. The predicted octanol–water partition coefficient (Wildman–Crippen LogP) is 1.49. The Morgan fingerprint density at radius 3 is 3.14 bits per heavy atom. The summed E-state index contributed by atoms with van der Waals surface area (Å²) in [6, 6.07) is 2.01. The van der Waals surface area contributed by atoms with Gasteiger partial charge in [-0.15, -0.1) is 11.3 Å². The zero-order valence-corrected chi connectivity index (χ0v) is 9.95. The van der Waals surface area contributed by atoms with Gasteiger partial charge in [-0.3, -0.25) is 4.79 Å². The molecule has 0 radical (unpaired) electrons. The van der Waals surface area contributed by atoms with Crippen LogP contribution in [0.15, 0.2) is 15.9 Å². The van der Waals surface area contributed by atoms with E-state index in [1.54, 1.807) is 11.3 Å². The Morgan fingerprint density at radius 1 is 1.71 bits per heavy atom. The molecule has 14 heavy (non-hydrogen) atoms. The summed E-state index contributed by atoms with van der Waals surface area (Å²) in [7, 11) is 0. The maximum absolute atomic E-state index is 11.2. The van der Waals surface area contributed by atoms with Gasteiger partial charge >= 0.3 is 0 Å². The van der Waals surface area contributed by atoms with Gasteiger partial charge in [0.1, 0.15) is 0 Å². The highest BCUT2D eigenvalue weighted by molar-refractivity contribution is 9.10. The van der Waals surface area contributed by atoms with Crippen molar-refractivity contribution in [2.24, 2.45) is 0 Å². The van der Waals surface area contributed by atoms with Crippen LogP contribution >= 0.6 is 27.3 Å². The van der Waals surface area contributed by atoms with E-state index in [0.717, 1.165) is 24.0 Å². The van der Waals surface area contributed by atoms with E-state index in [-0.39, 0.29) is 11.9 Å². The molecule has 0 spiro atoms. The van der Waals surface area contributed by atoms with Crippen LogP contribution in [-0.2, 0) is 11.3 Å². The van der Waals surface area contributed by atoms with E-state index in [1.165, 1.54) is 4.88 Å². The Hall–Kier alpha value is -0.390. The molecule has 1 aromatic rings. The van der Waals surface area contributed by atoms with Gasteiger partial charge in [0, 0.05) is 22.4 Å². The lowest BCUT2D eigenvalue weighted by Gasteiger charge is -2.08. The number of carbonyl (C=O) groups excluding carboxylic acids is 1. The van der Waals surface area contributed by atoms with Gasteiger partial charge in [0.25, 0.3) is 0 Å². The predicted molar refractivity (Wildman–Crippen MR) is 60.3 cm³/mol. The zero-order valence-electron chi connectivity index (χ0n) is 7.55. The normalized spacial score (nSPS) is 21.2. The quantitative estimate of drug-likeness (QED) is 0.877. The van der Waals surface area contributed by atoms with Gasteiger partial charge < -0.3 is 10.6 Å². The van der Waals surface area contributed by atoms with Gasteiger partial charge in [-0.05, 0) is 33.8 Å². The largest absolute Gasteiger partial charge is 0.355 e. The molecule has 1 amide bonds. The summed E-state index contributed by atoms with van der Waals surface area (Å²) < 4.78 is 1.12. The highest BCUT2D eigenvalue weighted by Gasteiger charge is 2.23. The van der Waals surface area contributed by atoms with Crippen molar-refractivity contribution in [1.29, 1.82) is 0 Å². The lowest BCUT2D eigenvalue weighted by Crippen LogP contribution is -2.35. The van der Waals surface area contributed by atoms with Crippen molar-refractivity contribution in [1.82, 2.24) is 10.6 Å². The topological polar surface area (TPSA) is 41.1 Å². The van der Waals surface area contributed by atoms with E-state index in [4.69, 9.17) is 0 Å². The zero-order chi connectivity index (χ0) is 9.97. The number of amides is 1. The third-order valence-corrected chi connectivity index (χ3v) is 4.18. The molecule has 2 N–H and O–H groups in total. The minimum atomic E-state index is -0.0102. The Balaban J connectivity index is 1.88. The van der Waals surface area contributed by atoms with Crippen LogP contribution in [0, 0.1) is 0 Å². The van der Waals surface area contributed by atoms with Gasteiger partial charge in [0.2, 0.25) is 5.91 Å². The maximum atomic E-state index is 11.2. The van der Waals surface area contributed by atoms with Crippen LogP contribution in [-0.4, -0.2) is 18.5 Å². The summed E-state index contributed by atoms with van der Waals surface area (Å²) in [4.78, 5) is 12.5. The molecule has 1 aliphatic rings. The molecule has 1 saturated heterocycles. The molecule has 1 aliphatic heterocycles. The molecule has 2 rings (SSSR count). The van der Waals surface area contributed by atoms with Crippen LogP contribution in [0.4, 0.5) is 0 Å². The van der Waals surface area contributed by atoms with E-state index < -0.39 is 0 Å². The lowest BCUT2D eigenvalue weighted by atomic mass is 10.2. The van der Waals surface area contributed by atoms with Crippen LogP contribution < -0.4 is 10.6 Å². The number of halogens is 1. The van der Waals surface area contributed by atoms with E-state index in [0.29, 0.717) is 0 Å². The average Bonchev–Trinajstić information content (AvgIpc) is 2.72.